The number of esters is 1. The number of rotatable bonds is 12. The molecule has 0 atom stereocenters. The number of ether oxygens (including phenoxy) is 4. The van der Waals surface area contributed by atoms with E-state index < -0.39 is 65.2 Å². The van der Waals surface area contributed by atoms with Crippen LogP contribution in [-0.4, -0.2) is 38.3 Å². The minimum Gasteiger partial charge on any atom is -0.493 e. The Labute approximate surface area is 313 Å². The van der Waals surface area contributed by atoms with Crippen molar-refractivity contribution in [3.63, 3.8) is 0 Å². The van der Waals surface area contributed by atoms with Crippen LogP contribution in [0.3, 0.4) is 0 Å². The fraction of sp³-hybridized carbons (Fsp3) is 0.333. The highest BCUT2D eigenvalue weighted by Crippen LogP contribution is 2.40. The molecule has 0 saturated heterocycles. The van der Waals surface area contributed by atoms with Crippen LogP contribution in [0.15, 0.2) is 91.0 Å². The maximum absolute atomic E-state index is 14.2. The molecule has 0 aromatic heterocycles. The average molecular weight is 802 g/mol. The number of alkyl halides is 9. The van der Waals surface area contributed by atoms with Crippen LogP contribution >= 0.6 is 0 Å². The molecule has 0 bridgehead atoms. The van der Waals surface area contributed by atoms with Crippen molar-refractivity contribution in [3.05, 3.63) is 125 Å². The van der Waals surface area contributed by atoms with Crippen molar-refractivity contribution in [2.75, 3.05) is 13.7 Å². The molecule has 1 N–H and O–H groups in total. The smallest absolute Gasteiger partial charge is 0.493 e. The molecule has 1 aliphatic carbocycles. The molecule has 7 nitrogen and oxygen atoms in total. The molecule has 0 radical (unpaired) electrons. The zero-order valence-corrected chi connectivity index (χ0v) is 29.3. The van der Waals surface area contributed by atoms with Crippen LogP contribution < -0.4 is 19.5 Å². The first-order valence-electron chi connectivity index (χ1n) is 17.0. The third kappa shape index (κ3) is 10.8. The lowest BCUT2D eigenvalue weighted by Gasteiger charge is -2.37. The molecule has 0 aliphatic heterocycles. The molecular formula is C39H33F10NO6. The van der Waals surface area contributed by atoms with Crippen LogP contribution in [0, 0.1) is 17.7 Å². The van der Waals surface area contributed by atoms with Crippen molar-refractivity contribution in [1.82, 2.24) is 5.32 Å². The lowest BCUT2D eigenvalue weighted by molar-refractivity contribution is -0.275. The molecule has 1 amide bonds. The van der Waals surface area contributed by atoms with Gasteiger partial charge in [0.1, 0.15) is 23.1 Å². The van der Waals surface area contributed by atoms with Crippen molar-refractivity contribution in [2.45, 2.75) is 56.5 Å². The average Bonchev–Trinajstić information content (AvgIpc) is 3.12. The lowest BCUT2D eigenvalue weighted by Crippen LogP contribution is -2.48. The van der Waals surface area contributed by atoms with Gasteiger partial charge in [0, 0.05) is 12.0 Å². The zero-order valence-electron chi connectivity index (χ0n) is 29.3. The Morgan fingerprint density at radius 2 is 1.25 bits per heavy atom. The van der Waals surface area contributed by atoms with E-state index in [0.29, 0.717) is 49.7 Å². The number of hydrogen-bond acceptors (Lipinski definition) is 6. The zero-order chi connectivity index (χ0) is 40.9. The normalized spacial score (nSPS) is 16.5. The summed E-state index contributed by atoms with van der Waals surface area (Å²) < 4.78 is 154. The lowest BCUT2D eigenvalue weighted by atomic mass is 9.77. The Morgan fingerprint density at radius 3 is 1.75 bits per heavy atom. The summed E-state index contributed by atoms with van der Waals surface area (Å²) >= 11 is 0. The van der Waals surface area contributed by atoms with Gasteiger partial charge in [0.05, 0.1) is 30.7 Å². The molecule has 17 heteroatoms. The summed E-state index contributed by atoms with van der Waals surface area (Å²) in [5.74, 6) is -4.48. The number of benzene rings is 4. The van der Waals surface area contributed by atoms with Gasteiger partial charge in [-0.25, -0.2) is 4.39 Å². The standard InChI is InChI=1S/C39H33F10NO6/c1-53-35(52)25-12-8-24(9-13-25)22-54-29-15-10-23(11-16-29)21-36(27-4-2-6-30(19-27)55-38(44,45)46,28-5-3-7-31(20-28)56-39(47,48)49)50-34(51)26-14-17-33(40)32(18-26)37(41,42)43/h2-7,10-11,14-20,24-25H,8-9,12-13,21-22H2,1H3,(H,50,51)/t24-,25+. The van der Waals surface area contributed by atoms with E-state index in [1.807, 2.05) is 0 Å². The van der Waals surface area contributed by atoms with Crippen molar-refractivity contribution >= 4 is 11.9 Å². The van der Waals surface area contributed by atoms with Gasteiger partial charge in [0.15, 0.2) is 0 Å². The fourth-order valence-electron chi connectivity index (χ4n) is 6.58. The first-order chi connectivity index (χ1) is 26.2. The molecule has 0 spiro atoms. The van der Waals surface area contributed by atoms with Crippen LogP contribution in [0.5, 0.6) is 17.2 Å². The monoisotopic (exact) mass is 801 g/mol. The predicted molar refractivity (Wildman–Crippen MR) is 179 cm³/mol. The number of nitrogens with one attached hydrogen (secondary N) is 1. The minimum absolute atomic E-state index is 0.139. The van der Waals surface area contributed by atoms with Gasteiger partial charge in [-0.05, 0) is 103 Å². The summed E-state index contributed by atoms with van der Waals surface area (Å²) in [6.45, 7) is 0.308. The topological polar surface area (TPSA) is 83.1 Å². The van der Waals surface area contributed by atoms with Gasteiger partial charge in [0.25, 0.3) is 5.91 Å². The third-order valence-electron chi connectivity index (χ3n) is 9.24. The molecule has 56 heavy (non-hydrogen) atoms. The van der Waals surface area contributed by atoms with E-state index in [1.54, 1.807) is 12.1 Å². The molecule has 1 saturated carbocycles. The van der Waals surface area contributed by atoms with E-state index in [4.69, 9.17) is 9.47 Å². The second-order valence-electron chi connectivity index (χ2n) is 13.1. The first kappa shape index (κ1) is 41.7. The Balaban J connectivity index is 1.56. The van der Waals surface area contributed by atoms with Crippen LogP contribution in [0.2, 0.25) is 0 Å². The van der Waals surface area contributed by atoms with Crippen LogP contribution in [0.1, 0.15) is 58.3 Å². The highest BCUT2D eigenvalue weighted by Gasteiger charge is 2.41. The molecule has 4 aromatic rings. The Morgan fingerprint density at radius 1 is 0.696 bits per heavy atom. The SMILES string of the molecule is COC(=O)[C@H]1CC[C@@H](COc2ccc(CC(NC(=O)c3ccc(F)c(C(F)(F)F)c3)(c3cccc(OC(F)(F)F)c3)c3cccc(OC(F)(F)F)c3)cc2)CC1. The molecule has 5 rings (SSSR count). The molecule has 4 aromatic carbocycles. The van der Waals surface area contributed by atoms with Gasteiger partial charge >= 0.3 is 24.9 Å². The van der Waals surface area contributed by atoms with Gasteiger partial charge in [-0.1, -0.05) is 36.4 Å². The molecule has 0 heterocycles. The van der Waals surface area contributed by atoms with E-state index in [-0.39, 0.29) is 35.0 Å². The fourth-order valence-corrected chi connectivity index (χ4v) is 6.58. The number of methoxy groups -OCH3 is 1. The number of halogens is 10. The van der Waals surface area contributed by atoms with Crippen LogP contribution in [-0.2, 0) is 27.7 Å². The van der Waals surface area contributed by atoms with E-state index in [9.17, 15) is 53.5 Å². The molecule has 0 unspecified atom stereocenters. The highest BCUT2D eigenvalue weighted by atomic mass is 19.4. The highest BCUT2D eigenvalue weighted by molar-refractivity contribution is 5.95. The van der Waals surface area contributed by atoms with E-state index in [1.165, 1.54) is 31.4 Å². The van der Waals surface area contributed by atoms with E-state index in [2.05, 4.69) is 14.8 Å². The Bertz CT molecular complexity index is 1930. The molecular weight excluding hydrogens is 768 g/mol. The van der Waals surface area contributed by atoms with Gasteiger partial charge in [-0.3, -0.25) is 9.59 Å². The van der Waals surface area contributed by atoms with E-state index in [0.717, 1.165) is 42.5 Å². The number of hydrogen-bond donors (Lipinski definition) is 1. The van der Waals surface area contributed by atoms with Crippen LogP contribution in [0.4, 0.5) is 43.9 Å². The predicted octanol–water partition coefficient (Wildman–Crippen LogP) is 9.92. The number of amides is 1. The molecule has 1 aliphatic rings. The summed E-state index contributed by atoms with van der Waals surface area (Å²) in [5, 5.41) is 2.54. The quantitative estimate of drug-likeness (QED) is 0.114. The van der Waals surface area contributed by atoms with Gasteiger partial charge < -0.3 is 24.3 Å². The summed E-state index contributed by atoms with van der Waals surface area (Å²) in [6, 6.07) is 15.8. The number of carbonyl (C=O) groups excluding carboxylic acids is 2. The maximum Gasteiger partial charge on any atom is 0.573 e. The van der Waals surface area contributed by atoms with Crippen molar-refractivity contribution in [3.8, 4) is 17.2 Å². The van der Waals surface area contributed by atoms with Crippen molar-refractivity contribution < 1.29 is 72.4 Å². The summed E-state index contributed by atoms with van der Waals surface area (Å²) in [7, 11) is 1.33. The molecule has 300 valence electrons. The Kier molecular flexibility index (Phi) is 12.4. The summed E-state index contributed by atoms with van der Waals surface area (Å²) in [5.41, 5.74) is -4.73. The third-order valence-corrected chi connectivity index (χ3v) is 9.24. The van der Waals surface area contributed by atoms with Gasteiger partial charge in [-0.2, -0.15) is 13.2 Å². The van der Waals surface area contributed by atoms with Crippen molar-refractivity contribution in [2.24, 2.45) is 11.8 Å². The minimum atomic E-state index is -5.23. The second kappa shape index (κ2) is 16.7. The Hall–Kier alpha value is -5.48. The summed E-state index contributed by atoms with van der Waals surface area (Å²) in [4.78, 5) is 25.8. The van der Waals surface area contributed by atoms with Crippen LogP contribution in [0.25, 0.3) is 0 Å². The van der Waals surface area contributed by atoms with Gasteiger partial charge in [-0.15, -0.1) is 26.3 Å². The van der Waals surface area contributed by atoms with E-state index >= 15 is 0 Å². The van der Waals surface area contributed by atoms with Gasteiger partial charge in [0.2, 0.25) is 0 Å². The summed E-state index contributed by atoms with van der Waals surface area (Å²) in [6.07, 6.45) is -13.3. The molecule has 1 fully saturated rings. The first-order valence-corrected chi connectivity index (χ1v) is 17.0. The maximum atomic E-state index is 14.2. The van der Waals surface area contributed by atoms with Crippen molar-refractivity contribution in [1.29, 1.82) is 0 Å². The largest absolute Gasteiger partial charge is 0.573 e. The number of carbonyl (C=O) groups is 2. The second-order valence-corrected chi connectivity index (χ2v) is 13.1.